The maximum Gasteiger partial charge on any atom is 0.234 e. The molecular formula is C22H35NO2. The molecule has 0 spiro atoms. The van der Waals surface area contributed by atoms with Gasteiger partial charge in [0.1, 0.15) is 0 Å². The summed E-state index contributed by atoms with van der Waals surface area (Å²) in [7, 11) is 0. The van der Waals surface area contributed by atoms with E-state index in [1.54, 1.807) is 4.90 Å². The zero-order chi connectivity index (χ0) is 18.4. The van der Waals surface area contributed by atoms with Gasteiger partial charge in [0.15, 0.2) is 0 Å². The summed E-state index contributed by atoms with van der Waals surface area (Å²) in [6.45, 7) is 11.6. The van der Waals surface area contributed by atoms with Crippen LogP contribution in [0.2, 0.25) is 0 Å². The highest BCUT2D eigenvalue weighted by Gasteiger charge is 2.66. The number of nitrogens with zero attached hydrogens (tertiary/aromatic N) is 1. The summed E-state index contributed by atoms with van der Waals surface area (Å²) in [5.74, 6) is 0.800. The average Bonchev–Trinajstić information content (AvgIpc) is 2.86. The zero-order valence-corrected chi connectivity index (χ0v) is 16.7. The second kappa shape index (κ2) is 6.55. The molecule has 1 saturated heterocycles. The van der Waals surface area contributed by atoms with E-state index in [9.17, 15) is 9.59 Å². The first kappa shape index (κ1) is 18.7. The van der Waals surface area contributed by atoms with E-state index in [0.29, 0.717) is 18.4 Å². The van der Waals surface area contributed by atoms with Gasteiger partial charge in [0, 0.05) is 12.0 Å². The molecule has 1 unspecified atom stereocenters. The van der Waals surface area contributed by atoms with Crippen molar-refractivity contribution >= 4 is 11.8 Å². The minimum Gasteiger partial charge on any atom is -0.282 e. The fourth-order valence-corrected chi connectivity index (χ4v) is 5.64. The van der Waals surface area contributed by atoms with Crippen LogP contribution in [0.4, 0.5) is 0 Å². The number of fused-ring (bicyclic) bond motifs is 1. The average molecular weight is 346 g/mol. The number of hydrogen-bond acceptors (Lipinski definition) is 2. The van der Waals surface area contributed by atoms with E-state index >= 15 is 0 Å². The number of amides is 2. The minimum atomic E-state index is -0.134. The highest BCUT2D eigenvalue weighted by molar-refractivity contribution is 6.06. The Hall–Kier alpha value is -1.12. The summed E-state index contributed by atoms with van der Waals surface area (Å²) in [5, 5.41) is 0. The van der Waals surface area contributed by atoms with Gasteiger partial charge in [0.2, 0.25) is 11.8 Å². The van der Waals surface area contributed by atoms with E-state index < -0.39 is 0 Å². The van der Waals surface area contributed by atoms with Crippen LogP contribution in [0, 0.1) is 34.5 Å². The molecule has 0 aromatic carbocycles. The summed E-state index contributed by atoms with van der Waals surface area (Å²) in [4.78, 5) is 28.4. The van der Waals surface area contributed by atoms with Crippen LogP contribution in [-0.2, 0) is 9.59 Å². The highest BCUT2D eigenvalue weighted by atomic mass is 16.2. The van der Waals surface area contributed by atoms with Crippen molar-refractivity contribution in [3.63, 3.8) is 0 Å². The summed E-state index contributed by atoms with van der Waals surface area (Å²) in [6, 6.07) is 0. The lowest BCUT2D eigenvalue weighted by Gasteiger charge is -2.55. The second-order valence-electron chi connectivity index (χ2n) is 9.27. The smallest absolute Gasteiger partial charge is 0.234 e. The second-order valence-corrected chi connectivity index (χ2v) is 9.27. The van der Waals surface area contributed by atoms with E-state index in [2.05, 4.69) is 46.8 Å². The number of allylic oxidation sites excluding steroid dienone is 2. The molecule has 3 aliphatic carbocycles. The number of carbonyl (C=O) groups excluding carboxylic acids is 2. The Morgan fingerprint density at radius 2 is 1.80 bits per heavy atom. The van der Waals surface area contributed by atoms with E-state index in [1.807, 2.05) is 0 Å². The molecule has 0 N–H and O–H groups in total. The maximum absolute atomic E-state index is 13.4. The largest absolute Gasteiger partial charge is 0.282 e. The van der Waals surface area contributed by atoms with Crippen LogP contribution in [-0.4, -0.2) is 23.3 Å². The minimum absolute atomic E-state index is 0.113. The maximum atomic E-state index is 13.4. The lowest BCUT2D eigenvalue weighted by Crippen LogP contribution is -2.53. The van der Waals surface area contributed by atoms with Crippen molar-refractivity contribution < 1.29 is 9.59 Å². The summed E-state index contributed by atoms with van der Waals surface area (Å²) in [6.07, 6.45) is 11.1. The van der Waals surface area contributed by atoms with Crippen LogP contribution in [0.5, 0.6) is 0 Å². The Bertz CT molecular complexity index is 581. The molecule has 2 fully saturated rings. The lowest BCUT2D eigenvalue weighted by molar-refractivity contribution is -0.141. The van der Waals surface area contributed by atoms with Crippen LogP contribution < -0.4 is 0 Å². The van der Waals surface area contributed by atoms with Crippen molar-refractivity contribution in [1.29, 1.82) is 0 Å². The first-order valence-electron chi connectivity index (χ1n) is 10.4. The molecule has 3 nitrogen and oxygen atoms in total. The third-order valence-corrected chi connectivity index (χ3v) is 7.62. The highest BCUT2D eigenvalue weighted by Crippen LogP contribution is 2.64. The normalized spacial score (nSPS) is 37.9. The molecule has 25 heavy (non-hydrogen) atoms. The molecule has 4 aliphatic rings. The molecule has 2 bridgehead atoms. The van der Waals surface area contributed by atoms with Crippen LogP contribution in [0.15, 0.2) is 12.2 Å². The van der Waals surface area contributed by atoms with Gasteiger partial charge in [0.25, 0.3) is 0 Å². The van der Waals surface area contributed by atoms with Gasteiger partial charge in [-0.2, -0.15) is 0 Å². The van der Waals surface area contributed by atoms with E-state index in [4.69, 9.17) is 0 Å². The van der Waals surface area contributed by atoms with Crippen LogP contribution >= 0.6 is 0 Å². The van der Waals surface area contributed by atoms with Crippen molar-refractivity contribution in [3.05, 3.63) is 12.2 Å². The van der Waals surface area contributed by atoms with Gasteiger partial charge in [-0.3, -0.25) is 14.5 Å². The Morgan fingerprint density at radius 1 is 1.12 bits per heavy atom. The number of unbranched alkanes of at least 4 members (excludes halogenated alkanes) is 1. The first-order valence-corrected chi connectivity index (χ1v) is 10.4. The van der Waals surface area contributed by atoms with Gasteiger partial charge in [-0.1, -0.05) is 66.0 Å². The van der Waals surface area contributed by atoms with Crippen LogP contribution in [0.3, 0.4) is 0 Å². The molecule has 0 aromatic heterocycles. The molecule has 0 radical (unpaired) electrons. The molecule has 140 valence electrons. The number of rotatable bonds is 7. The number of imide groups is 1. The summed E-state index contributed by atoms with van der Waals surface area (Å²) < 4.78 is 0. The van der Waals surface area contributed by atoms with Crippen molar-refractivity contribution in [2.75, 3.05) is 6.54 Å². The molecule has 1 aliphatic heterocycles. The molecule has 5 atom stereocenters. The van der Waals surface area contributed by atoms with Crippen LogP contribution in [0.1, 0.15) is 73.1 Å². The number of likely N-dealkylation sites (tertiary alicyclic amines) is 1. The van der Waals surface area contributed by atoms with Gasteiger partial charge >= 0.3 is 0 Å². The molecular weight excluding hydrogens is 310 g/mol. The van der Waals surface area contributed by atoms with Crippen molar-refractivity contribution in [1.82, 2.24) is 4.90 Å². The Morgan fingerprint density at radius 3 is 2.32 bits per heavy atom. The van der Waals surface area contributed by atoms with Gasteiger partial charge in [-0.05, 0) is 36.5 Å². The van der Waals surface area contributed by atoms with E-state index in [1.165, 1.54) is 12.8 Å². The van der Waals surface area contributed by atoms with Gasteiger partial charge < -0.3 is 0 Å². The Balaban J connectivity index is 1.90. The van der Waals surface area contributed by atoms with Gasteiger partial charge in [0.05, 0.1) is 11.8 Å². The quantitative estimate of drug-likeness (QED) is 0.490. The fraction of sp³-hybridized carbons (Fsp3) is 0.818. The molecule has 1 saturated carbocycles. The van der Waals surface area contributed by atoms with Gasteiger partial charge in [-0.25, -0.2) is 0 Å². The van der Waals surface area contributed by atoms with Crippen LogP contribution in [0.25, 0.3) is 0 Å². The predicted octanol–water partition coefficient (Wildman–Crippen LogP) is 4.82. The molecule has 0 aromatic rings. The Labute approximate surface area is 153 Å². The molecule has 2 amide bonds. The van der Waals surface area contributed by atoms with E-state index in [-0.39, 0.29) is 34.5 Å². The molecule has 1 heterocycles. The molecule has 4 rings (SSSR count). The standard InChI is InChI=1S/C22H35NO2/c1-6-8-9-16(7-2)14-23-19(24)17-18(20(23)25)22(15(3)4)12-10-21(17,5)11-13-22/h10,12,15-18H,6-9,11,13-14H2,1-5H3/t16?,17-,18+,21+,22-/m1/s1. The summed E-state index contributed by atoms with van der Waals surface area (Å²) >= 11 is 0. The molecule has 3 heteroatoms. The van der Waals surface area contributed by atoms with E-state index in [0.717, 1.165) is 25.7 Å². The van der Waals surface area contributed by atoms with Gasteiger partial charge in [-0.15, -0.1) is 0 Å². The topological polar surface area (TPSA) is 37.4 Å². The van der Waals surface area contributed by atoms with Crippen molar-refractivity contribution in [2.45, 2.75) is 73.1 Å². The van der Waals surface area contributed by atoms with Crippen molar-refractivity contribution in [3.8, 4) is 0 Å². The van der Waals surface area contributed by atoms with Crippen molar-refractivity contribution in [2.24, 2.45) is 34.5 Å². The first-order chi connectivity index (χ1) is 11.8. The SMILES string of the molecule is CCCCC(CC)CN1C(=O)[C@@H]2[C@H](C1=O)[C@@]1(C)C=C[C@]2(C(C)C)CC1. The Kier molecular flexibility index (Phi) is 4.89. The fourth-order valence-electron chi connectivity index (χ4n) is 5.64. The summed E-state index contributed by atoms with van der Waals surface area (Å²) in [5.41, 5.74) is -0.247. The lowest BCUT2D eigenvalue weighted by atomic mass is 9.46. The number of hydrogen-bond donors (Lipinski definition) is 0. The number of carbonyl (C=O) groups is 2. The monoisotopic (exact) mass is 345 g/mol. The third-order valence-electron chi connectivity index (χ3n) is 7.62. The zero-order valence-electron chi connectivity index (χ0n) is 16.7. The predicted molar refractivity (Wildman–Crippen MR) is 101 cm³/mol. The third kappa shape index (κ3) is 2.69.